The average molecular weight is 379 g/mol. The topological polar surface area (TPSA) is 92.7 Å². The van der Waals surface area contributed by atoms with Crippen molar-refractivity contribution < 1.29 is 4.79 Å². The van der Waals surface area contributed by atoms with E-state index in [0.29, 0.717) is 16.0 Å². The molecule has 0 aliphatic rings. The van der Waals surface area contributed by atoms with Crippen LogP contribution >= 0.6 is 11.3 Å². The summed E-state index contributed by atoms with van der Waals surface area (Å²) in [6, 6.07) is 9.72. The maximum atomic E-state index is 13.0. The lowest BCUT2D eigenvalue weighted by Gasteiger charge is -2.07. The second-order valence-corrected chi connectivity index (χ2v) is 7.07. The summed E-state index contributed by atoms with van der Waals surface area (Å²) in [4.78, 5) is 30.1. The Bertz CT molecular complexity index is 1140. The minimum atomic E-state index is -0.199. The SMILES string of the molecule is Cc1ccc(-c2csc3ncn(CCC(=O)Nc4ccn[nH]4)c(=O)c23)cc1. The maximum absolute atomic E-state index is 13.0. The first kappa shape index (κ1) is 17.2. The first-order valence-electron chi connectivity index (χ1n) is 8.45. The molecule has 136 valence electrons. The van der Waals surface area contributed by atoms with Crippen molar-refractivity contribution in [2.75, 3.05) is 5.32 Å². The van der Waals surface area contributed by atoms with Gasteiger partial charge in [-0.05, 0) is 12.5 Å². The molecular formula is C19H17N5O2S. The van der Waals surface area contributed by atoms with Gasteiger partial charge in [0.2, 0.25) is 5.91 Å². The van der Waals surface area contributed by atoms with Crippen LogP contribution in [0.1, 0.15) is 12.0 Å². The summed E-state index contributed by atoms with van der Waals surface area (Å²) in [7, 11) is 0. The molecule has 0 unspecified atom stereocenters. The number of anilines is 1. The van der Waals surface area contributed by atoms with Crippen LogP contribution in [0.25, 0.3) is 21.3 Å². The first-order chi connectivity index (χ1) is 13.1. The largest absolute Gasteiger partial charge is 0.311 e. The summed E-state index contributed by atoms with van der Waals surface area (Å²) < 4.78 is 1.49. The maximum Gasteiger partial charge on any atom is 0.262 e. The lowest BCUT2D eigenvalue weighted by molar-refractivity contribution is -0.116. The van der Waals surface area contributed by atoms with E-state index in [9.17, 15) is 9.59 Å². The van der Waals surface area contributed by atoms with Crippen LogP contribution in [-0.4, -0.2) is 25.7 Å². The van der Waals surface area contributed by atoms with Gasteiger partial charge in [-0.15, -0.1) is 11.3 Å². The number of H-pyrrole nitrogens is 1. The van der Waals surface area contributed by atoms with E-state index in [2.05, 4.69) is 20.5 Å². The molecule has 1 aromatic carbocycles. The van der Waals surface area contributed by atoms with Crippen molar-refractivity contribution in [1.29, 1.82) is 0 Å². The number of benzene rings is 1. The number of aromatic amines is 1. The van der Waals surface area contributed by atoms with Crippen LogP contribution in [0, 0.1) is 6.92 Å². The van der Waals surface area contributed by atoms with Crippen LogP contribution in [0.4, 0.5) is 5.82 Å². The molecule has 4 rings (SSSR count). The number of aryl methyl sites for hydroxylation is 2. The third-order valence-corrected chi connectivity index (χ3v) is 5.16. The molecule has 0 aliphatic carbocycles. The van der Waals surface area contributed by atoms with E-state index in [1.54, 1.807) is 12.3 Å². The molecule has 3 aromatic heterocycles. The Balaban J connectivity index is 1.60. The molecule has 0 fully saturated rings. The van der Waals surface area contributed by atoms with Gasteiger partial charge in [0.15, 0.2) is 0 Å². The van der Waals surface area contributed by atoms with Crippen molar-refractivity contribution in [2.45, 2.75) is 19.9 Å². The summed E-state index contributed by atoms with van der Waals surface area (Å²) in [5.74, 6) is 0.329. The number of hydrogen-bond acceptors (Lipinski definition) is 5. The van der Waals surface area contributed by atoms with Crippen LogP contribution in [0.3, 0.4) is 0 Å². The van der Waals surface area contributed by atoms with Crippen molar-refractivity contribution in [3.8, 4) is 11.1 Å². The molecule has 27 heavy (non-hydrogen) atoms. The Morgan fingerprint density at radius 2 is 2.07 bits per heavy atom. The Hall–Kier alpha value is -3.26. The fourth-order valence-corrected chi connectivity index (χ4v) is 3.74. The Labute approximate surface area is 158 Å². The van der Waals surface area contributed by atoms with Crippen molar-refractivity contribution in [1.82, 2.24) is 19.7 Å². The lowest BCUT2D eigenvalue weighted by Crippen LogP contribution is -2.23. The van der Waals surface area contributed by atoms with Gasteiger partial charge in [-0.2, -0.15) is 5.10 Å². The molecule has 0 radical (unpaired) electrons. The standard InChI is InChI=1S/C19H17N5O2S/c1-12-2-4-13(5-3-12)14-10-27-18-17(14)19(26)24(11-20-18)9-7-16(25)22-15-6-8-21-23-15/h2-6,8,10-11H,7,9H2,1H3,(H2,21,22,23,25). The highest BCUT2D eigenvalue weighted by molar-refractivity contribution is 7.17. The number of aromatic nitrogens is 4. The van der Waals surface area contributed by atoms with Crippen LogP contribution in [-0.2, 0) is 11.3 Å². The predicted molar refractivity (Wildman–Crippen MR) is 106 cm³/mol. The van der Waals surface area contributed by atoms with Crippen LogP contribution in [0.15, 0.2) is 53.0 Å². The van der Waals surface area contributed by atoms with E-state index in [-0.39, 0.29) is 24.4 Å². The molecule has 4 aromatic rings. The van der Waals surface area contributed by atoms with Gasteiger partial charge in [0.05, 0.1) is 17.9 Å². The quantitative estimate of drug-likeness (QED) is 0.557. The van der Waals surface area contributed by atoms with E-state index < -0.39 is 0 Å². The van der Waals surface area contributed by atoms with E-state index in [1.165, 1.54) is 22.2 Å². The molecule has 1 amide bonds. The average Bonchev–Trinajstić information content (AvgIpc) is 3.32. The fraction of sp³-hybridized carbons (Fsp3) is 0.158. The molecule has 0 saturated heterocycles. The number of nitrogens with one attached hydrogen (secondary N) is 2. The number of fused-ring (bicyclic) bond motifs is 1. The first-order valence-corrected chi connectivity index (χ1v) is 9.32. The highest BCUT2D eigenvalue weighted by Gasteiger charge is 2.14. The molecule has 0 aliphatic heterocycles. The summed E-state index contributed by atoms with van der Waals surface area (Å²) in [5, 5.41) is 11.7. The second kappa shape index (κ2) is 7.16. The van der Waals surface area contributed by atoms with Gasteiger partial charge in [0, 0.05) is 30.0 Å². The number of amides is 1. The van der Waals surface area contributed by atoms with Gasteiger partial charge in [0.25, 0.3) is 5.56 Å². The normalized spacial score (nSPS) is 11.0. The van der Waals surface area contributed by atoms with Gasteiger partial charge in [-0.1, -0.05) is 29.8 Å². The van der Waals surface area contributed by atoms with Crippen LogP contribution in [0.5, 0.6) is 0 Å². The Kier molecular flexibility index (Phi) is 4.55. The highest BCUT2D eigenvalue weighted by Crippen LogP contribution is 2.30. The number of thiophene rings is 1. The Morgan fingerprint density at radius 1 is 1.26 bits per heavy atom. The third kappa shape index (κ3) is 3.52. The fourth-order valence-electron chi connectivity index (χ4n) is 2.83. The van der Waals surface area contributed by atoms with Gasteiger partial charge >= 0.3 is 0 Å². The number of nitrogens with zero attached hydrogens (tertiary/aromatic N) is 3. The predicted octanol–water partition coefficient (Wildman–Crippen LogP) is 3.19. The van der Waals surface area contributed by atoms with Gasteiger partial charge in [0.1, 0.15) is 10.6 Å². The number of carbonyl (C=O) groups is 1. The van der Waals surface area contributed by atoms with Gasteiger partial charge < -0.3 is 5.32 Å². The molecule has 8 heteroatoms. The smallest absolute Gasteiger partial charge is 0.262 e. The zero-order valence-electron chi connectivity index (χ0n) is 14.6. The monoisotopic (exact) mass is 379 g/mol. The zero-order chi connectivity index (χ0) is 18.8. The third-order valence-electron chi connectivity index (χ3n) is 4.28. The van der Waals surface area contributed by atoms with Crippen molar-refractivity contribution in [3.63, 3.8) is 0 Å². The molecule has 2 N–H and O–H groups in total. The zero-order valence-corrected chi connectivity index (χ0v) is 15.4. The van der Waals surface area contributed by atoms with E-state index in [1.807, 2.05) is 36.6 Å². The number of hydrogen-bond donors (Lipinski definition) is 2. The molecule has 0 spiro atoms. The summed E-state index contributed by atoms with van der Waals surface area (Å²) in [6.07, 6.45) is 3.22. The van der Waals surface area contributed by atoms with E-state index >= 15 is 0 Å². The number of rotatable bonds is 5. The molecule has 0 atom stereocenters. The van der Waals surface area contributed by atoms with Crippen LogP contribution in [0.2, 0.25) is 0 Å². The van der Waals surface area contributed by atoms with E-state index in [4.69, 9.17) is 0 Å². The van der Waals surface area contributed by atoms with E-state index in [0.717, 1.165) is 16.7 Å². The highest BCUT2D eigenvalue weighted by atomic mass is 32.1. The van der Waals surface area contributed by atoms with Crippen LogP contribution < -0.4 is 10.9 Å². The minimum absolute atomic E-state index is 0.133. The van der Waals surface area contributed by atoms with Crippen molar-refractivity contribution in [2.24, 2.45) is 0 Å². The molecule has 3 heterocycles. The summed E-state index contributed by atoms with van der Waals surface area (Å²) in [6.45, 7) is 2.28. The van der Waals surface area contributed by atoms with Gasteiger partial charge in [-0.3, -0.25) is 19.3 Å². The summed E-state index contributed by atoms with van der Waals surface area (Å²) in [5.41, 5.74) is 2.90. The molecule has 0 bridgehead atoms. The van der Waals surface area contributed by atoms with Gasteiger partial charge in [-0.25, -0.2) is 4.98 Å². The lowest BCUT2D eigenvalue weighted by atomic mass is 10.1. The number of carbonyl (C=O) groups excluding carboxylic acids is 1. The minimum Gasteiger partial charge on any atom is -0.311 e. The Morgan fingerprint density at radius 3 is 2.81 bits per heavy atom. The molecular weight excluding hydrogens is 362 g/mol. The molecule has 7 nitrogen and oxygen atoms in total. The van der Waals surface area contributed by atoms with Crippen molar-refractivity contribution in [3.05, 3.63) is 64.2 Å². The second-order valence-electron chi connectivity index (χ2n) is 6.21. The molecule has 0 saturated carbocycles. The summed E-state index contributed by atoms with van der Waals surface area (Å²) >= 11 is 1.45. The van der Waals surface area contributed by atoms with Crippen molar-refractivity contribution >= 4 is 33.3 Å².